The van der Waals surface area contributed by atoms with Gasteiger partial charge in [0.1, 0.15) is 11.6 Å². The lowest BCUT2D eigenvalue weighted by Gasteiger charge is -2.10. The molecule has 3 aromatic rings. The van der Waals surface area contributed by atoms with E-state index in [1.165, 1.54) is 32.4 Å². The van der Waals surface area contributed by atoms with Gasteiger partial charge in [0.25, 0.3) is 10.0 Å². The van der Waals surface area contributed by atoms with E-state index in [0.29, 0.717) is 17.0 Å². The lowest BCUT2D eigenvalue weighted by atomic mass is 10.1. The molecular weight excluding hydrogens is 378 g/mol. The number of hydrogen-bond acceptors (Lipinski definition) is 6. The van der Waals surface area contributed by atoms with Crippen molar-refractivity contribution in [2.45, 2.75) is 11.8 Å². The third-order valence-electron chi connectivity index (χ3n) is 3.95. The number of carbonyl (C=O) groups is 1. The summed E-state index contributed by atoms with van der Waals surface area (Å²) in [4.78, 5) is 15.6. The molecule has 0 amide bonds. The largest absolute Gasteiger partial charge is 0.497 e. The normalized spacial score (nSPS) is 10.9. The molecule has 8 heteroatoms. The number of nitrogens with one attached hydrogen (secondary N) is 2. The zero-order valence-electron chi connectivity index (χ0n) is 15.3. The molecule has 28 heavy (non-hydrogen) atoms. The van der Waals surface area contributed by atoms with Crippen molar-refractivity contribution < 1.29 is 17.9 Å². The van der Waals surface area contributed by atoms with E-state index in [0.717, 1.165) is 5.69 Å². The van der Waals surface area contributed by atoms with Gasteiger partial charge in [0.15, 0.2) is 5.78 Å². The van der Waals surface area contributed by atoms with E-state index >= 15 is 0 Å². The Morgan fingerprint density at radius 1 is 0.929 bits per heavy atom. The molecule has 0 aliphatic carbocycles. The minimum Gasteiger partial charge on any atom is -0.497 e. The third kappa shape index (κ3) is 4.66. The van der Waals surface area contributed by atoms with Crippen LogP contribution >= 0.6 is 0 Å². The van der Waals surface area contributed by atoms with Crippen molar-refractivity contribution in [1.29, 1.82) is 0 Å². The van der Waals surface area contributed by atoms with Gasteiger partial charge in [-0.25, -0.2) is 13.4 Å². The molecule has 0 bridgehead atoms. The monoisotopic (exact) mass is 397 g/mol. The predicted octanol–water partition coefficient (Wildman–Crippen LogP) is 3.84. The van der Waals surface area contributed by atoms with Gasteiger partial charge in [0.2, 0.25) is 0 Å². The highest BCUT2D eigenvalue weighted by molar-refractivity contribution is 7.92. The van der Waals surface area contributed by atoms with Crippen molar-refractivity contribution in [2.24, 2.45) is 0 Å². The number of pyridine rings is 1. The highest BCUT2D eigenvalue weighted by atomic mass is 32.2. The summed E-state index contributed by atoms with van der Waals surface area (Å²) >= 11 is 0. The van der Waals surface area contributed by atoms with Crippen molar-refractivity contribution >= 4 is 33.0 Å². The summed E-state index contributed by atoms with van der Waals surface area (Å²) < 4.78 is 32.3. The Kier molecular flexibility index (Phi) is 5.60. The van der Waals surface area contributed by atoms with Crippen LogP contribution in [0.1, 0.15) is 17.3 Å². The first-order chi connectivity index (χ1) is 13.4. The fraction of sp³-hybridized carbons (Fsp3) is 0.100. The van der Waals surface area contributed by atoms with E-state index in [-0.39, 0.29) is 16.5 Å². The summed E-state index contributed by atoms with van der Waals surface area (Å²) in [6, 6.07) is 16.4. The molecule has 0 saturated heterocycles. The summed E-state index contributed by atoms with van der Waals surface area (Å²) in [7, 11) is -2.23. The number of rotatable bonds is 7. The number of ketones is 1. The zero-order valence-corrected chi connectivity index (χ0v) is 16.2. The van der Waals surface area contributed by atoms with Crippen LogP contribution in [0, 0.1) is 0 Å². The van der Waals surface area contributed by atoms with Crippen molar-refractivity contribution in [3.05, 3.63) is 72.4 Å². The molecule has 0 aliphatic heterocycles. The molecule has 0 atom stereocenters. The number of ether oxygens (including phenoxy) is 1. The molecule has 2 aromatic carbocycles. The number of benzene rings is 2. The van der Waals surface area contributed by atoms with E-state index < -0.39 is 10.0 Å². The number of nitrogens with zero attached hydrogens (tertiary/aromatic N) is 1. The number of methoxy groups -OCH3 is 1. The van der Waals surface area contributed by atoms with Crippen molar-refractivity contribution in [1.82, 2.24) is 4.98 Å². The van der Waals surface area contributed by atoms with Crippen LogP contribution in [-0.4, -0.2) is 26.3 Å². The quantitative estimate of drug-likeness (QED) is 0.588. The number of sulfonamides is 1. The van der Waals surface area contributed by atoms with Gasteiger partial charge >= 0.3 is 0 Å². The minimum atomic E-state index is -3.74. The second kappa shape index (κ2) is 8.10. The van der Waals surface area contributed by atoms with Crippen LogP contribution < -0.4 is 14.8 Å². The molecule has 0 saturated carbocycles. The van der Waals surface area contributed by atoms with Crippen LogP contribution in [0.25, 0.3) is 0 Å². The third-order valence-corrected chi connectivity index (χ3v) is 5.32. The average Bonchev–Trinajstić information content (AvgIpc) is 2.70. The van der Waals surface area contributed by atoms with Gasteiger partial charge in [-0.1, -0.05) is 0 Å². The van der Waals surface area contributed by atoms with E-state index in [4.69, 9.17) is 4.74 Å². The number of hydrogen-bond donors (Lipinski definition) is 2. The predicted molar refractivity (Wildman–Crippen MR) is 108 cm³/mol. The van der Waals surface area contributed by atoms with Gasteiger partial charge in [-0.3, -0.25) is 9.52 Å². The molecule has 7 nitrogen and oxygen atoms in total. The van der Waals surface area contributed by atoms with Crippen molar-refractivity contribution in [3.8, 4) is 5.75 Å². The zero-order chi connectivity index (χ0) is 20.1. The van der Waals surface area contributed by atoms with Crippen LogP contribution in [0.5, 0.6) is 5.75 Å². The Bertz CT molecular complexity index is 1060. The van der Waals surface area contributed by atoms with Gasteiger partial charge in [-0.15, -0.1) is 0 Å². The van der Waals surface area contributed by atoms with Crippen LogP contribution in [0.4, 0.5) is 17.2 Å². The van der Waals surface area contributed by atoms with E-state index in [1.807, 2.05) is 0 Å². The summed E-state index contributed by atoms with van der Waals surface area (Å²) in [6.07, 6.45) is 1.52. The molecule has 0 aliphatic rings. The Morgan fingerprint density at radius 2 is 1.57 bits per heavy atom. The first kappa shape index (κ1) is 19.4. The summed E-state index contributed by atoms with van der Waals surface area (Å²) in [5.74, 6) is 0.777. The van der Waals surface area contributed by atoms with Gasteiger partial charge in [0.05, 0.1) is 23.9 Å². The number of anilines is 3. The topological polar surface area (TPSA) is 97.4 Å². The van der Waals surface area contributed by atoms with E-state index in [9.17, 15) is 13.2 Å². The number of aromatic nitrogens is 1. The fourth-order valence-corrected chi connectivity index (χ4v) is 3.44. The van der Waals surface area contributed by atoms with Gasteiger partial charge < -0.3 is 10.1 Å². The van der Waals surface area contributed by atoms with Crippen LogP contribution in [-0.2, 0) is 10.0 Å². The standard InChI is InChI=1S/C20H19N3O4S/c1-14(24)15-3-5-16(6-4-15)22-17-7-12-20(21-13-17)23-28(25,26)19-10-8-18(27-2)9-11-19/h3-13,22H,1-2H3,(H,21,23). The molecular formula is C20H19N3O4S. The molecule has 1 heterocycles. The smallest absolute Gasteiger partial charge is 0.263 e. The second-order valence-electron chi connectivity index (χ2n) is 5.97. The fourth-order valence-electron chi connectivity index (χ4n) is 2.43. The molecule has 144 valence electrons. The maximum absolute atomic E-state index is 12.4. The van der Waals surface area contributed by atoms with Crippen LogP contribution in [0.2, 0.25) is 0 Å². The summed E-state index contributed by atoms with van der Waals surface area (Å²) in [5.41, 5.74) is 2.10. The van der Waals surface area contributed by atoms with Crippen LogP contribution in [0.3, 0.4) is 0 Å². The molecule has 0 unspecified atom stereocenters. The SMILES string of the molecule is COc1ccc(S(=O)(=O)Nc2ccc(Nc3ccc(C(C)=O)cc3)cn2)cc1. The Labute approximate surface area is 163 Å². The van der Waals surface area contributed by atoms with Crippen LogP contribution in [0.15, 0.2) is 71.8 Å². The highest BCUT2D eigenvalue weighted by Crippen LogP contribution is 2.21. The number of carbonyl (C=O) groups excluding carboxylic acids is 1. The van der Waals surface area contributed by atoms with E-state index in [2.05, 4.69) is 15.0 Å². The summed E-state index contributed by atoms with van der Waals surface area (Å²) in [6.45, 7) is 1.51. The molecule has 0 fully saturated rings. The maximum Gasteiger partial charge on any atom is 0.263 e. The lowest BCUT2D eigenvalue weighted by molar-refractivity contribution is 0.101. The molecule has 2 N–H and O–H groups in total. The maximum atomic E-state index is 12.4. The van der Waals surface area contributed by atoms with Gasteiger partial charge in [-0.05, 0) is 67.6 Å². The first-order valence-electron chi connectivity index (χ1n) is 8.38. The summed E-state index contributed by atoms with van der Waals surface area (Å²) in [5, 5.41) is 3.14. The Balaban J connectivity index is 1.68. The van der Waals surface area contributed by atoms with E-state index in [1.54, 1.807) is 48.5 Å². The second-order valence-corrected chi connectivity index (χ2v) is 7.65. The van der Waals surface area contributed by atoms with Crippen molar-refractivity contribution in [3.63, 3.8) is 0 Å². The molecule has 1 aromatic heterocycles. The molecule has 0 spiro atoms. The van der Waals surface area contributed by atoms with Gasteiger partial charge in [0, 0.05) is 11.3 Å². The number of Topliss-reactive ketones (excluding diaryl/α,β-unsaturated/α-hetero) is 1. The first-order valence-corrected chi connectivity index (χ1v) is 9.87. The Morgan fingerprint density at radius 3 is 2.11 bits per heavy atom. The lowest BCUT2D eigenvalue weighted by Crippen LogP contribution is -2.13. The molecule has 0 radical (unpaired) electrons. The van der Waals surface area contributed by atoms with Gasteiger partial charge in [-0.2, -0.15) is 0 Å². The highest BCUT2D eigenvalue weighted by Gasteiger charge is 2.14. The molecule has 3 rings (SSSR count). The minimum absolute atomic E-state index is 0.00159. The van der Waals surface area contributed by atoms with Crippen molar-refractivity contribution in [2.75, 3.05) is 17.1 Å². The average molecular weight is 397 g/mol. The Hall–Kier alpha value is -3.39.